The molecule has 7 heteroatoms. The lowest BCUT2D eigenvalue weighted by Gasteiger charge is -2.03. The maximum Gasteiger partial charge on any atom is 0.230 e. The van der Waals surface area contributed by atoms with E-state index in [2.05, 4.69) is 26.4 Å². The van der Waals surface area contributed by atoms with Gasteiger partial charge in [-0.15, -0.1) is 23.1 Å². The maximum atomic E-state index is 11.7. The molecule has 0 fully saturated rings. The van der Waals surface area contributed by atoms with Crippen molar-refractivity contribution in [1.82, 2.24) is 10.5 Å². The third kappa shape index (κ3) is 4.36. The van der Waals surface area contributed by atoms with Crippen LogP contribution in [0.5, 0.6) is 0 Å². The second-order valence-corrected chi connectivity index (χ2v) is 7.20. The van der Waals surface area contributed by atoms with Gasteiger partial charge < -0.3 is 9.84 Å². The summed E-state index contributed by atoms with van der Waals surface area (Å²) in [7, 11) is 0. The van der Waals surface area contributed by atoms with Crippen LogP contribution in [0.3, 0.4) is 0 Å². The predicted molar refractivity (Wildman–Crippen MR) is 86.0 cm³/mol. The van der Waals surface area contributed by atoms with Gasteiger partial charge in [0.15, 0.2) is 0 Å². The highest BCUT2D eigenvalue weighted by Gasteiger charge is 2.10. The van der Waals surface area contributed by atoms with Crippen LogP contribution in [0.1, 0.15) is 21.9 Å². The van der Waals surface area contributed by atoms with Crippen molar-refractivity contribution in [3.8, 4) is 0 Å². The topological polar surface area (TPSA) is 55.1 Å². The fraction of sp³-hybridized carbons (Fsp3) is 0.385. The van der Waals surface area contributed by atoms with Crippen LogP contribution in [-0.2, 0) is 17.1 Å². The number of rotatable bonds is 6. The monoisotopic (exact) mass is 374 g/mol. The average Bonchev–Trinajstić information content (AvgIpc) is 2.96. The van der Waals surface area contributed by atoms with Crippen LogP contribution in [0.2, 0.25) is 0 Å². The SMILES string of the molecule is Cc1noc(C)c1CSCC(=O)NCc1cc(Br)cs1. The number of amides is 1. The molecule has 2 heterocycles. The number of thiophene rings is 1. The zero-order chi connectivity index (χ0) is 14.5. The number of hydrogen-bond acceptors (Lipinski definition) is 5. The van der Waals surface area contributed by atoms with Crippen LogP contribution < -0.4 is 5.32 Å². The van der Waals surface area contributed by atoms with Crippen LogP contribution in [0.25, 0.3) is 0 Å². The van der Waals surface area contributed by atoms with Crippen molar-refractivity contribution in [3.05, 3.63) is 37.8 Å². The lowest BCUT2D eigenvalue weighted by molar-refractivity contribution is -0.118. The van der Waals surface area contributed by atoms with E-state index in [1.807, 2.05) is 25.3 Å². The fourth-order valence-electron chi connectivity index (χ4n) is 1.64. The summed E-state index contributed by atoms with van der Waals surface area (Å²) in [4.78, 5) is 12.9. The van der Waals surface area contributed by atoms with Gasteiger partial charge in [0.2, 0.25) is 5.91 Å². The van der Waals surface area contributed by atoms with E-state index in [9.17, 15) is 4.79 Å². The molecule has 4 nitrogen and oxygen atoms in total. The van der Waals surface area contributed by atoms with Crippen LogP contribution >= 0.6 is 39.0 Å². The molecule has 0 atom stereocenters. The number of aromatic nitrogens is 1. The van der Waals surface area contributed by atoms with Crippen LogP contribution in [-0.4, -0.2) is 16.8 Å². The number of hydrogen-bond donors (Lipinski definition) is 1. The molecule has 2 aromatic rings. The zero-order valence-corrected chi connectivity index (χ0v) is 14.5. The number of nitrogens with zero attached hydrogens (tertiary/aromatic N) is 1. The molecule has 1 amide bonds. The number of aryl methyl sites for hydroxylation is 2. The fourth-order valence-corrected chi connectivity index (χ4v) is 4.03. The minimum atomic E-state index is 0.0475. The second-order valence-electron chi connectivity index (χ2n) is 4.30. The normalized spacial score (nSPS) is 10.8. The van der Waals surface area contributed by atoms with E-state index in [4.69, 9.17) is 4.52 Å². The largest absolute Gasteiger partial charge is 0.361 e. The van der Waals surface area contributed by atoms with Crippen molar-refractivity contribution in [2.75, 3.05) is 5.75 Å². The first kappa shape index (κ1) is 15.6. The molecule has 0 saturated heterocycles. The minimum absolute atomic E-state index is 0.0475. The van der Waals surface area contributed by atoms with Gasteiger partial charge in [0, 0.05) is 26.0 Å². The Hall–Kier alpha value is -0.790. The molecular formula is C13H15BrN2O2S2. The molecule has 0 saturated carbocycles. The molecule has 0 spiro atoms. The third-order valence-electron chi connectivity index (χ3n) is 2.74. The Morgan fingerprint density at radius 1 is 1.55 bits per heavy atom. The lowest BCUT2D eigenvalue weighted by atomic mass is 10.2. The smallest absolute Gasteiger partial charge is 0.230 e. The van der Waals surface area contributed by atoms with E-state index < -0.39 is 0 Å². The van der Waals surface area contributed by atoms with Gasteiger partial charge >= 0.3 is 0 Å². The average molecular weight is 375 g/mol. The van der Waals surface area contributed by atoms with Gasteiger partial charge in [-0.25, -0.2) is 0 Å². The van der Waals surface area contributed by atoms with Crippen LogP contribution in [0.15, 0.2) is 20.4 Å². The summed E-state index contributed by atoms with van der Waals surface area (Å²) in [6, 6.07) is 2.02. The van der Waals surface area contributed by atoms with E-state index in [0.29, 0.717) is 12.3 Å². The van der Waals surface area contributed by atoms with Crippen LogP contribution in [0, 0.1) is 13.8 Å². The van der Waals surface area contributed by atoms with Crippen molar-refractivity contribution < 1.29 is 9.32 Å². The van der Waals surface area contributed by atoms with Gasteiger partial charge in [-0.3, -0.25) is 4.79 Å². The summed E-state index contributed by atoms with van der Waals surface area (Å²) in [5, 5.41) is 8.82. The molecular weight excluding hydrogens is 360 g/mol. The molecule has 0 aliphatic heterocycles. The van der Waals surface area contributed by atoms with E-state index in [0.717, 1.165) is 32.1 Å². The molecule has 20 heavy (non-hydrogen) atoms. The third-order valence-corrected chi connectivity index (χ3v) is 5.40. The molecule has 0 bridgehead atoms. The second kappa shape index (κ2) is 7.28. The Morgan fingerprint density at radius 2 is 2.35 bits per heavy atom. The van der Waals surface area contributed by atoms with Crippen molar-refractivity contribution in [2.45, 2.75) is 26.1 Å². The maximum absolute atomic E-state index is 11.7. The van der Waals surface area contributed by atoms with Gasteiger partial charge in [-0.1, -0.05) is 5.16 Å². The Labute approximate surface area is 134 Å². The number of carbonyl (C=O) groups excluding carboxylic acids is 1. The first-order valence-corrected chi connectivity index (χ1v) is 8.88. The quantitative estimate of drug-likeness (QED) is 0.837. The molecule has 108 valence electrons. The van der Waals surface area contributed by atoms with Crippen molar-refractivity contribution in [3.63, 3.8) is 0 Å². The Balaban J connectivity index is 1.70. The van der Waals surface area contributed by atoms with Gasteiger partial charge in [0.05, 0.1) is 18.0 Å². The van der Waals surface area contributed by atoms with Gasteiger partial charge in [-0.05, 0) is 35.8 Å². The lowest BCUT2D eigenvalue weighted by Crippen LogP contribution is -2.24. The molecule has 0 aliphatic carbocycles. The van der Waals surface area contributed by atoms with Gasteiger partial charge in [0.1, 0.15) is 5.76 Å². The van der Waals surface area contributed by atoms with E-state index in [1.165, 1.54) is 0 Å². The summed E-state index contributed by atoms with van der Waals surface area (Å²) in [5.41, 5.74) is 1.99. The summed E-state index contributed by atoms with van der Waals surface area (Å²) >= 11 is 6.59. The van der Waals surface area contributed by atoms with Crippen molar-refractivity contribution in [1.29, 1.82) is 0 Å². The molecule has 0 aliphatic rings. The number of nitrogens with one attached hydrogen (secondary N) is 1. The summed E-state index contributed by atoms with van der Waals surface area (Å²) in [6.45, 7) is 4.40. The minimum Gasteiger partial charge on any atom is -0.361 e. The van der Waals surface area contributed by atoms with Crippen molar-refractivity contribution >= 4 is 44.9 Å². The molecule has 0 unspecified atom stereocenters. The summed E-state index contributed by atoms with van der Waals surface area (Å²) in [5.74, 6) is 2.07. The highest BCUT2D eigenvalue weighted by atomic mass is 79.9. The first-order valence-electron chi connectivity index (χ1n) is 6.05. The zero-order valence-electron chi connectivity index (χ0n) is 11.2. The molecule has 1 N–H and O–H groups in total. The summed E-state index contributed by atoms with van der Waals surface area (Å²) in [6.07, 6.45) is 0. The molecule has 2 aromatic heterocycles. The Morgan fingerprint density at radius 3 is 2.95 bits per heavy atom. The van der Waals surface area contributed by atoms with Gasteiger partial charge in [0.25, 0.3) is 0 Å². The standard InChI is InChI=1S/C13H15BrN2O2S2/c1-8-12(9(2)18-16-8)6-19-7-13(17)15-4-11-3-10(14)5-20-11/h3,5H,4,6-7H2,1-2H3,(H,15,17). The van der Waals surface area contributed by atoms with E-state index in [1.54, 1.807) is 23.1 Å². The molecule has 0 aromatic carbocycles. The van der Waals surface area contributed by atoms with Gasteiger partial charge in [-0.2, -0.15) is 0 Å². The highest BCUT2D eigenvalue weighted by molar-refractivity contribution is 9.10. The predicted octanol–water partition coefficient (Wildman–Crippen LogP) is 3.67. The number of carbonyl (C=O) groups is 1. The Bertz CT molecular complexity index is 575. The van der Waals surface area contributed by atoms with E-state index in [-0.39, 0.29) is 5.91 Å². The molecule has 2 rings (SSSR count). The number of thioether (sulfide) groups is 1. The summed E-state index contributed by atoms with van der Waals surface area (Å²) < 4.78 is 6.15. The highest BCUT2D eigenvalue weighted by Crippen LogP contribution is 2.20. The van der Waals surface area contributed by atoms with E-state index >= 15 is 0 Å². The molecule has 0 radical (unpaired) electrons. The first-order chi connectivity index (χ1) is 9.56. The number of halogens is 1. The van der Waals surface area contributed by atoms with Crippen molar-refractivity contribution in [2.24, 2.45) is 0 Å². The Kier molecular flexibility index (Phi) is 5.68. The van der Waals surface area contributed by atoms with Crippen LogP contribution in [0.4, 0.5) is 0 Å².